The van der Waals surface area contributed by atoms with Crippen molar-refractivity contribution in [3.63, 3.8) is 0 Å². The molecule has 1 amide bonds. The minimum Gasteiger partial charge on any atom is -0.340 e. The lowest BCUT2D eigenvalue weighted by Gasteiger charge is -2.33. The van der Waals surface area contributed by atoms with Gasteiger partial charge in [-0.25, -0.2) is 9.48 Å². The van der Waals surface area contributed by atoms with Gasteiger partial charge in [0.1, 0.15) is 12.9 Å². The predicted octanol–water partition coefficient (Wildman–Crippen LogP) is 0.363. The van der Waals surface area contributed by atoms with Crippen molar-refractivity contribution in [2.24, 2.45) is 7.05 Å². The molecule has 0 spiro atoms. The van der Waals surface area contributed by atoms with E-state index in [2.05, 4.69) is 22.5 Å². The number of hydrogen-bond donors (Lipinski definition) is 1. The first-order chi connectivity index (χ1) is 11.6. The van der Waals surface area contributed by atoms with Gasteiger partial charge in [0, 0.05) is 32.7 Å². The van der Waals surface area contributed by atoms with Crippen LogP contribution in [-0.4, -0.2) is 44.3 Å². The third-order valence-corrected chi connectivity index (χ3v) is 4.38. The molecule has 1 aliphatic rings. The minimum atomic E-state index is -0.265. The summed E-state index contributed by atoms with van der Waals surface area (Å²) in [6, 6.07) is 10.5. The standard InChI is InChI=1S/C17H23N5O2/c1-20-13-19-22(17(20)24)12-16(23)21-9-5-8-15(11-21)18-10-14-6-3-2-4-7-14/h2-4,6-7,13,15,18H,5,8-12H2,1H3. The highest BCUT2D eigenvalue weighted by Crippen LogP contribution is 2.11. The molecule has 2 heterocycles. The Labute approximate surface area is 140 Å². The second-order valence-electron chi connectivity index (χ2n) is 6.23. The van der Waals surface area contributed by atoms with Gasteiger partial charge in [-0.2, -0.15) is 5.10 Å². The van der Waals surface area contributed by atoms with Crippen LogP contribution in [0.2, 0.25) is 0 Å². The summed E-state index contributed by atoms with van der Waals surface area (Å²) in [6.07, 6.45) is 3.45. The third kappa shape index (κ3) is 3.91. The summed E-state index contributed by atoms with van der Waals surface area (Å²) in [5, 5.41) is 7.47. The quantitative estimate of drug-likeness (QED) is 0.860. The van der Waals surface area contributed by atoms with Gasteiger partial charge in [-0.05, 0) is 18.4 Å². The molecule has 1 unspecified atom stereocenters. The molecule has 1 fully saturated rings. The Morgan fingerprint density at radius 1 is 1.33 bits per heavy atom. The van der Waals surface area contributed by atoms with E-state index in [1.807, 2.05) is 23.1 Å². The van der Waals surface area contributed by atoms with Gasteiger partial charge in [-0.3, -0.25) is 9.36 Å². The first kappa shape index (κ1) is 16.4. The highest BCUT2D eigenvalue weighted by atomic mass is 16.2. The largest absolute Gasteiger partial charge is 0.345 e. The molecule has 2 aromatic rings. The number of piperidine rings is 1. The number of carbonyl (C=O) groups is 1. The van der Waals surface area contributed by atoms with Crippen molar-refractivity contribution in [1.82, 2.24) is 24.6 Å². The summed E-state index contributed by atoms with van der Waals surface area (Å²) in [7, 11) is 1.63. The summed E-state index contributed by atoms with van der Waals surface area (Å²) >= 11 is 0. The Balaban J connectivity index is 1.54. The molecule has 1 aliphatic heterocycles. The summed E-state index contributed by atoms with van der Waals surface area (Å²) in [5.41, 5.74) is 0.972. The first-order valence-corrected chi connectivity index (χ1v) is 8.27. The number of rotatable bonds is 5. The Bertz CT molecular complexity index is 737. The van der Waals surface area contributed by atoms with Crippen LogP contribution < -0.4 is 11.0 Å². The van der Waals surface area contributed by atoms with Gasteiger partial charge in [0.25, 0.3) is 0 Å². The van der Waals surface area contributed by atoms with Gasteiger partial charge >= 0.3 is 5.69 Å². The van der Waals surface area contributed by atoms with E-state index in [9.17, 15) is 9.59 Å². The number of carbonyl (C=O) groups excluding carboxylic acids is 1. The van der Waals surface area contributed by atoms with Crippen molar-refractivity contribution in [2.75, 3.05) is 13.1 Å². The van der Waals surface area contributed by atoms with Crippen molar-refractivity contribution >= 4 is 5.91 Å². The number of likely N-dealkylation sites (tertiary alicyclic amines) is 1. The molecule has 3 rings (SSSR count). The molecule has 7 heteroatoms. The van der Waals surface area contributed by atoms with Crippen molar-refractivity contribution in [2.45, 2.75) is 32.0 Å². The lowest BCUT2D eigenvalue weighted by atomic mass is 10.1. The average molecular weight is 329 g/mol. The zero-order valence-electron chi connectivity index (χ0n) is 13.9. The molecule has 128 valence electrons. The zero-order valence-corrected chi connectivity index (χ0v) is 13.9. The monoisotopic (exact) mass is 329 g/mol. The van der Waals surface area contributed by atoms with E-state index in [0.717, 1.165) is 25.9 Å². The molecular formula is C17H23N5O2. The van der Waals surface area contributed by atoms with Gasteiger partial charge < -0.3 is 10.2 Å². The van der Waals surface area contributed by atoms with Gasteiger partial charge in [0.05, 0.1) is 0 Å². The summed E-state index contributed by atoms with van der Waals surface area (Å²) in [6.45, 7) is 2.22. The molecule has 7 nitrogen and oxygen atoms in total. The molecule has 0 radical (unpaired) electrons. The number of amides is 1. The second kappa shape index (κ2) is 7.44. The van der Waals surface area contributed by atoms with E-state index < -0.39 is 0 Å². The highest BCUT2D eigenvalue weighted by Gasteiger charge is 2.24. The van der Waals surface area contributed by atoms with E-state index in [0.29, 0.717) is 6.54 Å². The lowest BCUT2D eigenvalue weighted by Crippen LogP contribution is -2.49. The fraction of sp³-hybridized carbons (Fsp3) is 0.471. The molecular weight excluding hydrogens is 306 g/mol. The molecule has 1 aromatic carbocycles. The predicted molar refractivity (Wildman–Crippen MR) is 90.4 cm³/mol. The first-order valence-electron chi connectivity index (χ1n) is 8.27. The maximum Gasteiger partial charge on any atom is 0.345 e. The smallest absolute Gasteiger partial charge is 0.340 e. The fourth-order valence-electron chi connectivity index (χ4n) is 2.99. The summed E-state index contributed by atoms with van der Waals surface area (Å²) < 4.78 is 2.58. The Kier molecular flexibility index (Phi) is 5.10. The van der Waals surface area contributed by atoms with E-state index >= 15 is 0 Å². The van der Waals surface area contributed by atoms with Crippen LogP contribution in [0.4, 0.5) is 0 Å². The molecule has 1 aromatic heterocycles. The van der Waals surface area contributed by atoms with Crippen LogP contribution in [0.15, 0.2) is 41.5 Å². The number of benzene rings is 1. The van der Waals surface area contributed by atoms with Crippen molar-refractivity contribution in [1.29, 1.82) is 0 Å². The minimum absolute atomic E-state index is 0.00504. The van der Waals surface area contributed by atoms with Crippen LogP contribution in [0.3, 0.4) is 0 Å². The zero-order chi connectivity index (χ0) is 16.9. The third-order valence-electron chi connectivity index (χ3n) is 4.38. The second-order valence-corrected chi connectivity index (χ2v) is 6.23. The molecule has 1 N–H and O–H groups in total. The Hall–Kier alpha value is -2.41. The average Bonchev–Trinajstić information content (AvgIpc) is 2.93. The van der Waals surface area contributed by atoms with Gasteiger partial charge in [0.15, 0.2) is 0 Å². The van der Waals surface area contributed by atoms with E-state index in [1.54, 1.807) is 7.05 Å². The molecule has 1 atom stereocenters. The molecule has 0 saturated carbocycles. The van der Waals surface area contributed by atoms with E-state index in [4.69, 9.17) is 0 Å². The molecule has 0 bridgehead atoms. The Morgan fingerprint density at radius 2 is 2.12 bits per heavy atom. The number of nitrogens with one attached hydrogen (secondary N) is 1. The maximum atomic E-state index is 12.4. The Morgan fingerprint density at radius 3 is 2.83 bits per heavy atom. The van der Waals surface area contributed by atoms with Crippen LogP contribution >= 0.6 is 0 Å². The van der Waals surface area contributed by atoms with Crippen LogP contribution in [0, 0.1) is 0 Å². The van der Waals surface area contributed by atoms with Crippen LogP contribution in [0.1, 0.15) is 18.4 Å². The lowest BCUT2D eigenvalue weighted by molar-refractivity contribution is -0.133. The van der Waals surface area contributed by atoms with Crippen LogP contribution in [-0.2, 0) is 24.9 Å². The molecule has 1 saturated heterocycles. The SMILES string of the molecule is Cn1cnn(CC(=O)N2CCCC(NCc3ccccc3)C2)c1=O. The van der Waals surface area contributed by atoms with Gasteiger partial charge in [0.2, 0.25) is 5.91 Å². The van der Waals surface area contributed by atoms with E-state index in [1.165, 1.54) is 21.1 Å². The van der Waals surface area contributed by atoms with E-state index in [-0.39, 0.29) is 24.2 Å². The van der Waals surface area contributed by atoms with Gasteiger partial charge in [-0.15, -0.1) is 0 Å². The van der Waals surface area contributed by atoms with Crippen molar-refractivity contribution < 1.29 is 4.79 Å². The van der Waals surface area contributed by atoms with Crippen molar-refractivity contribution in [3.8, 4) is 0 Å². The molecule has 0 aliphatic carbocycles. The summed E-state index contributed by atoms with van der Waals surface area (Å²) in [5.74, 6) is -0.0537. The summed E-state index contributed by atoms with van der Waals surface area (Å²) in [4.78, 5) is 26.1. The fourth-order valence-corrected chi connectivity index (χ4v) is 2.99. The van der Waals surface area contributed by atoms with Crippen molar-refractivity contribution in [3.05, 3.63) is 52.7 Å². The number of aromatic nitrogens is 3. The normalized spacial score (nSPS) is 17.9. The van der Waals surface area contributed by atoms with Crippen LogP contribution in [0.5, 0.6) is 0 Å². The van der Waals surface area contributed by atoms with Gasteiger partial charge in [-0.1, -0.05) is 30.3 Å². The topological polar surface area (TPSA) is 72.2 Å². The number of hydrogen-bond acceptors (Lipinski definition) is 4. The van der Waals surface area contributed by atoms with Crippen LogP contribution in [0.25, 0.3) is 0 Å². The maximum absolute atomic E-state index is 12.4. The number of nitrogens with zero attached hydrogens (tertiary/aromatic N) is 4. The highest BCUT2D eigenvalue weighted by molar-refractivity contribution is 5.76. The molecule has 24 heavy (non-hydrogen) atoms. The number of aryl methyl sites for hydroxylation is 1.